The third-order valence-corrected chi connectivity index (χ3v) is 7.66. The molecule has 0 amide bonds. The van der Waals surface area contributed by atoms with Gasteiger partial charge in [0.15, 0.2) is 0 Å². The first-order valence-corrected chi connectivity index (χ1v) is 13.2. The Morgan fingerprint density at radius 2 is 1.69 bits per heavy atom. The Morgan fingerprint density at radius 3 is 2.43 bits per heavy atom. The van der Waals surface area contributed by atoms with E-state index in [1.807, 2.05) is 31.2 Å². The molecule has 0 saturated heterocycles. The number of hydrogen-bond donors (Lipinski definition) is 0. The molecule has 0 aliphatic heterocycles. The molecular weight excluding hydrogens is 458 g/mol. The van der Waals surface area contributed by atoms with Crippen molar-refractivity contribution in [3.8, 4) is 34.1 Å². The van der Waals surface area contributed by atoms with E-state index >= 15 is 0 Å². The van der Waals surface area contributed by atoms with Gasteiger partial charge < -0.3 is 9.05 Å². The minimum Gasteiger partial charge on any atom is -0.360 e. The number of halogens is 1. The molecule has 2 heterocycles. The SMILES string of the molecule is CCCCCC1CCC(c2ccc(-c3noc(-c4c(-c5ccccc5Cl)noc4C)n3)cc2)CC1. The average molecular weight is 490 g/mol. The molecule has 5 rings (SSSR count). The fourth-order valence-corrected chi connectivity index (χ4v) is 5.50. The van der Waals surface area contributed by atoms with Gasteiger partial charge in [0.25, 0.3) is 5.89 Å². The topological polar surface area (TPSA) is 65.0 Å². The number of hydrogen-bond acceptors (Lipinski definition) is 5. The van der Waals surface area contributed by atoms with E-state index < -0.39 is 0 Å². The second kappa shape index (κ2) is 10.8. The van der Waals surface area contributed by atoms with E-state index in [2.05, 4.69) is 46.5 Å². The zero-order chi connectivity index (χ0) is 24.2. The average Bonchev–Trinajstić information content (AvgIpc) is 3.52. The van der Waals surface area contributed by atoms with Crippen LogP contribution in [0.5, 0.6) is 0 Å². The lowest BCUT2D eigenvalue weighted by Gasteiger charge is -2.29. The number of unbranched alkanes of at least 4 members (excludes halogenated alkanes) is 2. The third kappa shape index (κ3) is 5.20. The minimum atomic E-state index is 0.374. The normalized spacial score (nSPS) is 18.1. The summed E-state index contributed by atoms with van der Waals surface area (Å²) in [6.07, 6.45) is 10.8. The summed E-state index contributed by atoms with van der Waals surface area (Å²) in [6, 6.07) is 16.2. The lowest BCUT2D eigenvalue weighted by Crippen LogP contribution is -2.13. The van der Waals surface area contributed by atoms with Crippen LogP contribution in [0.3, 0.4) is 0 Å². The van der Waals surface area contributed by atoms with Gasteiger partial charge in [-0.3, -0.25) is 0 Å². The number of aromatic nitrogens is 3. The fourth-order valence-electron chi connectivity index (χ4n) is 5.28. The molecule has 182 valence electrons. The molecule has 35 heavy (non-hydrogen) atoms. The van der Waals surface area contributed by atoms with E-state index in [0.29, 0.717) is 39.7 Å². The van der Waals surface area contributed by atoms with Crippen LogP contribution >= 0.6 is 11.6 Å². The van der Waals surface area contributed by atoms with Crippen molar-refractivity contribution >= 4 is 11.6 Å². The fraction of sp³-hybridized carbons (Fsp3) is 0.414. The maximum absolute atomic E-state index is 6.40. The van der Waals surface area contributed by atoms with E-state index in [1.165, 1.54) is 56.9 Å². The van der Waals surface area contributed by atoms with Gasteiger partial charge in [0.05, 0.1) is 5.02 Å². The zero-order valence-corrected chi connectivity index (χ0v) is 21.2. The summed E-state index contributed by atoms with van der Waals surface area (Å²) in [5.74, 6) is 3.11. The molecule has 4 aromatic rings. The summed E-state index contributed by atoms with van der Waals surface area (Å²) < 4.78 is 11.1. The monoisotopic (exact) mass is 489 g/mol. The van der Waals surface area contributed by atoms with Crippen LogP contribution in [-0.4, -0.2) is 15.3 Å². The maximum atomic E-state index is 6.40. The highest BCUT2D eigenvalue weighted by atomic mass is 35.5. The van der Waals surface area contributed by atoms with Crippen molar-refractivity contribution < 1.29 is 9.05 Å². The second-order valence-corrected chi connectivity index (χ2v) is 10.1. The highest BCUT2D eigenvalue weighted by molar-refractivity contribution is 6.33. The van der Waals surface area contributed by atoms with Gasteiger partial charge in [0.2, 0.25) is 5.82 Å². The standard InChI is InChI=1S/C29H32ClN3O2/c1-3-4-5-8-20-11-13-21(14-12-20)22-15-17-23(18-16-22)28-31-29(35-33-28)26-19(2)34-32-27(26)24-9-6-7-10-25(24)30/h6-7,9-10,15-18,20-21H,3-5,8,11-14H2,1-2H3. The van der Waals surface area contributed by atoms with Crippen molar-refractivity contribution in [2.75, 3.05) is 0 Å². The van der Waals surface area contributed by atoms with Crippen molar-refractivity contribution in [2.45, 2.75) is 71.1 Å². The Bertz CT molecular complexity index is 1250. The molecule has 0 unspecified atom stereocenters. The molecule has 5 nitrogen and oxygen atoms in total. The Balaban J connectivity index is 1.29. The number of rotatable bonds is 8. The highest BCUT2D eigenvalue weighted by Gasteiger charge is 2.25. The first kappa shape index (κ1) is 23.8. The first-order valence-electron chi connectivity index (χ1n) is 12.8. The lowest BCUT2D eigenvalue weighted by molar-refractivity contribution is 0.303. The summed E-state index contributed by atoms with van der Waals surface area (Å²) in [5.41, 5.74) is 4.39. The summed E-state index contributed by atoms with van der Waals surface area (Å²) in [5, 5.41) is 9.04. The highest BCUT2D eigenvalue weighted by Crippen LogP contribution is 2.39. The van der Waals surface area contributed by atoms with E-state index in [-0.39, 0.29) is 0 Å². The van der Waals surface area contributed by atoms with E-state index in [0.717, 1.165) is 17.0 Å². The Kier molecular flexibility index (Phi) is 7.33. The molecule has 0 N–H and O–H groups in total. The number of aryl methyl sites for hydroxylation is 1. The molecule has 1 fully saturated rings. The maximum Gasteiger partial charge on any atom is 0.264 e. The van der Waals surface area contributed by atoms with Gasteiger partial charge in [-0.1, -0.05) is 97.0 Å². The molecule has 0 atom stereocenters. The van der Waals surface area contributed by atoms with Crippen LogP contribution in [0.25, 0.3) is 34.1 Å². The molecule has 1 aliphatic carbocycles. The van der Waals surface area contributed by atoms with Crippen molar-refractivity contribution in [1.82, 2.24) is 15.3 Å². The first-order chi connectivity index (χ1) is 17.1. The van der Waals surface area contributed by atoms with Crippen LogP contribution in [-0.2, 0) is 0 Å². The van der Waals surface area contributed by atoms with E-state index in [4.69, 9.17) is 20.6 Å². The van der Waals surface area contributed by atoms with Crippen LogP contribution in [0.15, 0.2) is 57.6 Å². The predicted molar refractivity (Wildman–Crippen MR) is 139 cm³/mol. The molecule has 2 aromatic heterocycles. The van der Waals surface area contributed by atoms with Crippen LogP contribution in [0.4, 0.5) is 0 Å². The van der Waals surface area contributed by atoms with Gasteiger partial charge in [0.1, 0.15) is 17.0 Å². The van der Waals surface area contributed by atoms with E-state index in [9.17, 15) is 0 Å². The summed E-state index contributed by atoms with van der Waals surface area (Å²) in [4.78, 5) is 4.67. The Morgan fingerprint density at radius 1 is 0.914 bits per heavy atom. The minimum absolute atomic E-state index is 0.374. The van der Waals surface area contributed by atoms with Gasteiger partial charge in [-0.15, -0.1) is 0 Å². The number of benzene rings is 2. The summed E-state index contributed by atoms with van der Waals surface area (Å²) >= 11 is 6.40. The Hall–Kier alpha value is -2.92. The van der Waals surface area contributed by atoms with Gasteiger partial charge in [0, 0.05) is 11.1 Å². The summed E-state index contributed by atoms with van der Waals surface area (Å²) in [6.45, 7) is 4.11. The van der Waals surface area contributed by atoms with Crippen LogP contribution in [0.1, 0.15) is 75.5 Å². The lowest BCUT2D eigenvalue weighted by atomic mass is 9.77. The largest absolute Gasteiger partial charge is 0.360 e. The molecule has 1 aliphatic rings. The van der Waals surface area contributed by atoms with Gasteiger partial charge in [-0.05, 0) is 56.1 Å². The molecule has 0 radical (unpaired) electrons. The third-order valence-electron chi connectivity index (χ3n) is 7.33. The Labute approximate surface area is 211 Å². The van der Waals surface area contributed by atoms with Crippen LogP contribution < -0.4 is 0 Å². The van der Waals surface area contributed by atoms with E-state index in [1.54, 1.807) is 0 Å². The van der Waals surface area contributed by atoms with Gasteiger partial charge in [-0.25, -0.2) is 0 Å². The number of nitrogens with zero attached hydrogens (tertiary/aromatic N) is 3. The van der Waals surface area contributed by atoms with Crippen molar-refractivity contribution in [1.29, 1.82) is 0 Å². The molecular formula is C29H32ClN3O2. The molecule has 0 spiro atoms. The van der Waals surface area contributed by atoms with Crippen LogP contribution in [0, 0.1) is 12.8 Å². The van der Waals surface area contributed by atoms with Crippen molar-refractivity contribution in [3.05, 3.63) is 64.9 Å². The van der Waals surface area contributed by atoms with Crippen LogP contribution in [0.2, 0.25) is 5.02 Å². The molecule has 6 heteroatoms. The summed E-state index contributed by atoms with van der Waals surface area (Å²) in [7, 11) is 0. The van der Waals surface area contributed by atoms with Crippen molar-refractivity contribution in [3.63, 3.8) is 0 Å². The zero-order valence-electron chi connectivity index (χ0n) is 20.5. The quantitative estimate of drug-likeness (QED) is 0.231. The van der Waals surface area contributed by atoms with Gasteiger partial charge in [-0.2, -0.15) is 4.98 Å². The smallest absolute Gasteiger partial charge is 0.264 e. The second-order valence-electron chi connectivity index (χ2n) is 9.70. The molecule has 0 bridgehead atoms. The van der Waals surface area contributed by atoms with Gasteiger partial charge >= 0.3 is 0 Å². The predicted octanol–water partition coefficient (Wildman–Crippen LogP) is 8.87. The molecule has 2 aromatic carbocycles. The van der Waals surface area contributed by atoms with Crippen molar-refractivity contribution in [2.24, 2.45) is 5.92 Å². The molecule has 1 saturated carbocycles.